The summed E-state index contributed by atoms with van der Waals surface area (Å²) in [6.07, 6.45) is 5.77. The molecule has 0 radical (unpaired) electrons. The Kier molecular flexibility index (Phi) is 3.66. The monoisotopic (exact) mass is 276 g/mol. The van der Waals surface area contributed by atoms with E-state index in [0.717, 1.165) is 0 Å². The zero-order valence-electron chi connectivity index (χ0n) is 11.2. The Bertz CT molecular complexity index is 588. The maximum absolute atomic E-state index is 14.1. The first-order chi connectivity index (χ1) is 9.42. The van der Waals surface area contributed by atoms with Crippen LogP contribution in [0.25, 0.3) is 0 Å². The van der Waals surface area contributed by atoms with Crippen LogP contribution in [0, 0.1) is 25.1 Å². The standard InChI is InChI=1S/C14H17FN4O/c1-3-4-14(18-17)7-19(8-14)12-5-9(2)10(13(16)20)6-11(12)15/h1,5-6,18H,4,7-8,17H2,2H3,(H2,16,20). The van der Waals surface area contributed by atoms with Gasteiger partial charge in [-0.25, -0.2) is 9.82 Å². The third-order valence-electron chi connectivity index (χ3n) is 3.63. The van der Waals surface area contributed by atoms with Crippen molar-refractivity contribution in [3.05, 3.63) is 29.1 Å². The summed E-state index contributed by atoms with van der Waals surface area (Å²) < 4.78 is 14.1. The van der Waals surface area contributed by atoms with E-state index in [2.05, 4.69) is 11.3 Å². The number of hydrogen-bond acceptors (Lipinski definition) is 4. The number of primary amides is 1. The van der Waals surface area contributed by atoms with Gasteiger partial charge in [0.2, 0.25) is 5.91 Å². The van der Waals surface area contributed by atoms with Crippen LogP contribution in [0.15, 0.2) is 12.1 Å². The highest BCUT2D eigenvalue weighted by molar-refractivity contribution is 5.94. The second kappa shape index (κ2) is 5.12. The molecule has 0 unspecified atom stereocenters. The van der Waals surface area contributed by atoms with E-state index < -0.39 is 11.7 Å². The van der Waals surface area contributed by atoms with Crippen molar-refractivity contribution < 1.29 is 9.18 Å². The van der Waals surface area contributed by atoms with Gasteiger partial charge in [0.15, 0.2) is 0 Å². The van der Waals surface area contributed by atoms with Crippen LogP contribution >= 0.6 is 0 Å². The minimum absolute atomic E-state index is 0.193. The molecule has 2 rings (SSSR count). The third-order valence-corrected chi connectivity index (χ3v) is 3.63. The number of carbonyl (C=O) groups is 1. The van der Waals surface area contributed by atoms with E-state index >= 15 is 0 Å². The predicted molar refractivity (Wildman–Crippen MR) is 75.4 cm³/mol. The molecule has 5 nitrogen and oxygen atoms in total. The van der Waals surface area contributed by atoms with Gasteiger partial charge in [-0.2, -0.15) is 0 Å². The minimum Gasteiger partial charge on any atom is -0.366 e. The van der Waals surface area contributed by atoms with Crippen molar-refractivity contribution in [2.24, 2.45) is 11.6 Å². The van der Waals surface area contributed by atoms with E-state index in [4.69, 9.17) is 18.0 Å². The molecule has 1 fully saturated rings. The summed E-state index contributed by atoms with van der Waals surface area (Å²) in [6.45, 7) is 2.75. The summed E-state index contributed by atoms with van der Waals surface area (Å²) in [7, 11) is 0. The number of amides is 1. The molecule has 1 aliphatic rings. The fourth-order valence-electron chi connectivity index (χ4n) is 2.48. The lowest BCUT2D eigenvalue weighted by atomic mass is 9.86. The molecule has 6 heteroatoms. The molecule has 0 spiro atoms. The lowest BCUT2D eigenvalue weighted by molar-refractivity contribution is 0.0999. The van der Waals surface area contributed by atoms with Crippen molar-refractivity contribution in [1.29, 1.82) is 0 Å². The molecule has 0 bridgehead atoms. The molecule has 0 atom stereocenters. The van der Waals surface area contributed by atoms with Crippen molar-refractivity contribution in [3.8, 4) is 12.3 Å². The summed E-state index contributed by atoms with van der Waals surface area (Å²) in [4.78, 5) is 13.0. The van der Waals surface area contributed by atoms with E-state index in [0.29, 0.717) is 30.8 Å². The number of terminal acetylenes is 1. The fourth-order valence-corrected chi connectivity index (χ4v) is 2.48. The van der Waals surface area contributed by atoms with Crippen LogP contribution in [0.3, 0.4) is 0 Å². The first kappa shape index (κ1) is 14.3. The number of nitrogens with one attached hydrogen (secondary N) is 1. The maximum Gasteiger partial charge on any atom is 0.249 e. The zero-order valence-corrected chi connectivity index (χ0v) is 11.2. The van der Waals surface area contributed by atoms with Gasteiger partial charge in [0, 0.05) is 25.1 Å². The Labute approximate surface area is 117 Å². The number of nitrogens with two attached hydrogens (primary N) is 2. The predicted octanol–water partition coefficient (Wildman–Crippen LogP) is 0.278. The van der Waals surface area contributed by atoms with Crippen molar-refractivity contribution >= 4 is 11.6 Å². The number of hydrazine groups is 1. The summed E-state index contributed by atoms with van der Waals surface area (Å²) in [6, 6.07) is 2.79. The van der Waals surface area contributed by atoms with E-state index in [9.17, 15) is 9.18 Å². The molecule has 106 valence electrons. The molecule has 20 heavy (non-hydrogen) atoms. The molecule has 1 aromatic rings. The molecule has 0 aliphatic carbocycles. The van der Waals surface area contributed by atoms with E-state index in [1.54, 1.807) is 13.0 Å². The van der Waals surface area contributed by atoms with Gasteiger partial charge in [-0.05, 0) is 24.6 Å². The Balaban J connectivity index is 2.23. The summed E-state index contributed by atoms with van der Waals surface area (Å²) in [5.41, 5.74) is 8.78. The van der Waals surface area contributed by atoms with Crippen LogP contribution in [0.2, 0.25) is 0 Å². The Morgan fingerprint density at radius 2 is 2.25 bits per heavy atom. The Hall–Kier alpha value is -2.10. The van der Waals surface area contributed by atoms with Crippen LogP contribution in [-0.2, 0) is 0 Å². The minimum atomic E-state index is -0.637. The van der Waals surface area contributed by atoms with Crippen LogP contribution in [-0.4, -0.2) is 24.5 Å². The van der Waals surface area contributed by atoms with Gasteiger partial charge in [-0.3, -0.25) is 10.6 Å². The summed E-state index contributed by atoms with van der Waals surface area (Å²) >= 11 is 0. The number of halogens is 1. The average molecular weight is 276 g/mol. The van der Waals surface area contributed by atoms with Gasteiger partial charge in [0.05, 0.1) is 11.2 Å². The number of rotatable bonds is 4. The number of aryl methyl sites for hydroxylation is 1. The topological polar surface area (TPSA) is 84.4 Å². The van der Waals surface area contributed by atoms with Crippen LogP contribution < -0.4 is 21.9 Å². The first-order valence-electron chi connectivity index (χ1n) is 6.18. The highest BCUT2D eigenvalue weighted by Gasteiger charge is 2.42. The van der Waals surface area contributed by atoms with Gasteiger partial charge >= 0.3 is 0 Å². The Morgan fingerprint density at radius 1 is 1.60 bits per heavy atom. The molecule has 1 aliphatic heterocycles. The highest BCUT2D eigenvalue weighted by Crippen LogP contribution is 2.32. The zero-order chi connectivity index (χ0) is 14.9. The molecule has 5 N–H and O–H groups in total. The summed E-state index contributed by atoms with van der Waals surface area (Å²) in [5.74, 6) is 6.95. The second-order valence-electron chi connectivity index (χ2n) is 5.14. The molecule has 1 amide bonds. The molecule has 1 saturated heterocycles. The second-order valence-corrected chi connectivity index (χ2v) is 5.14. The summed E-state index contributed by atoms with van der Waals surface area (Å²) in [5, 5.41) is 0. The van der Waals surface area contributed by atoms with Crippen molar-refractivity contribution in [2.45, 2.75) is 18.9 Å². The molecular weight excluding hydrogens is 259 g/mol. The van der Waals surface area contributed by atoms with Gasteiger partial charge in [-0.15, -0.1) is 12.3 Å². The Morgan fingerprint density at radius 3 is 2.75 bits per heavy atom. The van der Waals surface area contributed by atoms with Gasteiger partial charge < -0.3 is 10.6 Å². The quantitative estimate of drug-likeness (QED) is 0.419. The van der Waals surface area contributed by atoms with Crippen LogP contribution in [0.4, 0.5) is 10.1 Å². The van der Waals surface area contributed by atoms with Gasteiger partial charge in [-0.1, -0.05) is 0 Å². The van der Waals surface area contributed by atoms with Crippen LogP contribution in [0.1, 0.15) is 22.3 Å². The van der Waals surface area contributed by atoms with E-state index in [1.807, 2.05) is 4.90 Å². The SMILES string of the molecule is C#CCC1(NN)CN(c2cc(C)c(C(N)=O)cc2F)C1. The van der Waals surface area contributed by atoms with Crippen LogP contribution in [0.5, 0.6) is 0 Å². The lowest BCUT2D eigenvalue weighted by Gasteiger charge is -2.50. The number of hydrogen-bond donors (Lipinski definition) is 3. The number of benzene rings is 1. The van der Waals surface area contributed by atoms with Gasteiger partial charge in [0.1, 0.15) is 5.82 Å². The maximum atomic E-state index is 14.1. The van der Waals surface area contributed by atoms with Crippen molar-refractivity contribution in [1.82, 2.24) is 5.43 Å². The largest absolute Gasteiger partial charge is 0.366 e. The van der Waals surface area contributed by atoms with E-state index in [1.165, 1.54) is 6.07 Å². The molecule has 1 aromatic carbocycles. The average Bonchev–Trinajstić information content (AvgIpc) is 2.35. The molecule has 0 saturated carbocycles. The third kappa shape index (κ3) is 2.33. The highest BCUT2D eigenvalue weighted by atomic mass is 19.1. The van der Waals surface area contributed by atoms with Crippen molar-refractivity contribution in [3.63, 3.8) is 0 Å². The molecule has 1 heterocycles. The van der Waals surface area contributed by atoms with E-state index in [-0.39, 0.29) is 11.1 Å². The molecular formula is C14H17FN4O. The molecule has 0 aromatic heterocycles. The number of anilines is 1. The van der Waals surface area contributed by atoms with Crippen molar-refractivity contribution in [2.75, 3.05) is 18.0 Å². The number of carbonyl (C=O) groups excluding carboxylic acids is 1. The normalized spacial score (nSPS) is 16.4. The number of nitrogens with zero attached hydrogens (tertiary/aromatic N) is 1. The van der Waals surface area contributed by atoms with Gasteiger partial charge in [0.25, 0.3) is 0 Å². The lowest BCUT2D eigenvalue weighted by Crippen LogP contribution is -2.71. The first-order valence-corrected chi connectivity index (χ1v) is 6.18. The fraction of sp³-hybridized carbons (Fsp3) is 0.357. The smallest absolute Gasteiger partial charge is 0.249 e.